The minimum absolute atomic E-state index is 0.410. The number of halogens is 1. The molecule has 5 nitrogen and oxygen atoms in total. The molecule has 0 aliphatic carbocycles. The van der Waals surface area contributed by atoms with Crippen molar-refractivity contribution >= 4 is 10.2 Å². The number of aliphatic hydroxyl groups is 1. The maximum absolute atomic E-state index is 12.7. The van der Waals surface area contributed by atoms with Gasteiger partial charge in [-0.25, -0.2) is 9.53 Å². The molecule has 1 unspecified atom stereocenters. The van der Waals surface area contributed by atoms with Crippen LogP contribution in [0.4, 0.5) is 4.39 Å². The summed E-state index contributed by atoms with van der Waals surface area (Å²) in [6.45, 7) is 2.04. The monoisotopic (exact) mass is 214 g/mol. The maximum Gasteiger partial charge on any atom is 0.277 e. The fourth-order valence-corrected chi connectivity index (χ4v) is 1.82. The molecule has 1 atom stereocenters. The molecule has 0 amide bonds. The number of hydrogen-bond acceptors (Lipinski definition) is 3. The van der Waals surface area contributed by atoms with Gasteiger partial charge in [0.15, 0.2) is 0 Å². The van der Waals surface area contributed by atoms with E-state index in [2.05, 4.69) is 0 Å². The average molecular weight is 214 g/mol. The maximum atomic E-state index is 12.7. The zero-order chi connectivity index (χ0) is 10.6. The summed E-state index contributed by atoms with van der Waals surface area (Å²) in [6, 6.07) is -0.417. The molecule has 3 N–H and O–H groups in total. The highest BCUT2D eigenvalue weighted by atomic mass is 32.2. The molecule has 0 aromatic rings. The fourth-order valence-electron chi connectivity index (χ4n) is 0.862. The molecule has 0 bridgehead atoms. The molecule has 0 radical (unpaired) electrons. The third kappa shape index (κ3) is 4.51. The van der Waals surface area contributed by atoms with Crippen LogP contribution >= 0.6 is 0 Å². The average Bonchev–Trinajstić information content (AvgIpc) is 1.96. The van der Waals surface area contributed by atoms with Gasteiger partial charge in [0.25, 0.3) is 10.2 Å². The van der Waals surface area contributed by atoms with Crippen molar-refractivity contribution in [2.75, 3.05) is 13.2 Å². The lowest BCUT2D eigenvalue weighted by molar-refractivity contribution is 0.148. The molecule has 0 saturated carbocycles. The van der Waals surface area contributed by atoms with Crippen LogP contribution in [-0.2, 0) is 10.2 Å². The van der Waals surface area contributed by atoms with E-state index in [1.54, 1.807) is 13.8 Å². The van der Waals surface area contributed by atoms with Crippen molar-refractivity contribution < 1.29 is 17.9 Å². The van der Waals surface area contributed by atoms with Gasteiger partial charge in [0.1, 0.15) is 6.17 Å². The van der Waals surface area contributed by atoms with Crippen molar-refractivity contribution in [3.8, 4) is 0 Å². The number of alkyl halides is 1. The van der Waals surface area contributed by atoms with E-state index >= 15 is 0 Å². The second-order valence-corrected chi connectivity index (χ2v) is 4.49. The number of aliphatic hydroxyl groups excluding tert-OH is 1. The van der Waals surface area contributed by atoms with Crippen molar-refractivity contribution in [2.24, 2.45) is 5.14 Å². The van der Waals surface area contributed by atoms with E-state index in [0.29, 0.717) is 0 Å². The lowest BCUT2D eigenvalue weighted by Crippen LogP contribution is -2.45. The Bertz CT molecular complexity index is 242. The topological polar surface area (TPSA) is 83.6 Å². The van der Waals surface area contributed by atoms with Gasteiger partial charge in [-0.2, -0.15) is 12.7 Å². The molecule has 0 aromatic carbocycles. The van der Waals surface area contributed by atoms with E-state index in [-0.39, 0.29) is 0 Å². The van der Waals surface area contributed by atoms with E-state index < -0.39 is 35.6 Å². The van der Waals surface area contributed by atoms with Gasteiger partial charge in [0.05, 0.1) is 6.61 Å². The third-order valence-electron chi connectivity index (χ3n) is 1.48. The van der Waals surface area contributed by atoms with Crippen molar-refractivity contribution in [1.29, 1.82) is 0 Å². The van der Waals surface area contributed by atoms with E-state index in [0.717, 1.165) is 4.31 Å². The number of hydrogen-bond donors (Lipinski definition) is 2. The molecular formula is C6H15FN2O3S. The largest absolute Gasteiger partial charge is 0.393 e. The zero-order valence-electron chi connectivity index (χ0n) is 7.64. The van der Waals surface area contributed by atoms with Crippen molar-refractivity contribution in [1.82, 2.24) is 4.31 Å². The summed E-state index contributed by atoms with van der Waals surface area (Å²) >= 11 is 0. The Morgan fingerprint density at radius 3 is 2.23 bits per heavy atom. The molecule has 80 valence electrons. The summed E-state index contributed by atoms with van der Waals surface area (Å²) < 4.78 is 35.2. The summed E-state index contributed by atoms with van der Waals surface area (Å²) in [5.41, 5.74) is 0. The van der Waals surface area contributed by atoms with Crippen LogP contribution in [0.25, 0.3) is 0 Å². The molecule has 0 rings (SSSR count). The Morgan fingerprint density at radius 1 is 1.54 bits per heavy atom. The highest BCUT2D eigenvalue weighted by molar-refractivity contribution is 7.86. The first-order valence-corrected chi connectivity index (χ1v) is 5.33. The zero-order valence-corrected chi connectivity index (χ0v) is 8.46. The molecule has 0 fully saturated rings. The number of nitrogens with two attached hydrogens (primary N) is 1. The van der Waals surface area contributed by atoms with Gasteiger partial charge in [-0.1, -0.05) is 0 Å². The first-order valence-electron chi connectivity index (χ1n) is 3.83. The quantitative estimate of drug-likeness (QED) is 0.630. The Kier molecular flexibility index (Phi) is 4.76. The molecule has 0 aromatic heterocycles. The molecule has 7 heteroatoms. The van der Waals surface area contributed by atoms with Crippen LogP contribution in [-0.4, -0.2) is 43.2 Å². The van der Waals surface area contributed by atoms with Crippen LogP contribution in [0.1, 0.15) is 13.8 Å². The number of rotatable bonds is 5. The first kappa shape index (κ1) is 12.8. The molecule has 0 aliphatic heterocycles. The summed E-state index contributed by atoms with van der Waals surface area (Å²) in [6.07, 6.45) is -1.60. The van der Waals surface area contributed by atoms with E-state index in [1.807, 2.05) is 0 Å². The van der Waals surface area contributed by atoms with Gasteiger partial charge < -0.3 is 5.11 Å². The van der Waals surface area contributed by atoms with Crippen LogP contribution in [0.3, 0.4) is 0 Å². The van der Waals surface area contributed by atoms with Crippen molar-refractivity contribution in [3.05, 3.63) is 0 Å². The first-order chi connectivity index (χ1) is 5.79. The van der Waals surface area contributed by atoms with Gasteiger partial charge >= 0.3 is 0 Å². The highest BCUT2D eigenvalue weighted by Crippen LogP contribution is 2.05. The summed E-state index contributed by atoms with van der Waals surface area (Å²) in [5.74, 6) is 0. The van der Waals surface area contributed by atoms with E-state index in [9.17, 15) is 12.8 Å². The SMILES string of the molecule is CC(C)N(CC(F)CO)S(N)(=O)=O. The summed E-state index contributed by atoms with van der Waals surface area (Å²) in [4.78, 5) is 0. The summed E-state index contributed by atoms with van der Waals surface area (Å²) in [5, 5.41) is 13.2. The second kappa shape index (κ2) is 4.85. The Balaban J connectivity index is 4.47. The van der Waals surface area contributed by atoms with Gasteiger partial charge in [-0.05, 0) is 13.8 Å². The number of nitrogens with zero attached hydrogens (tertiary/aromatic N) is 1. The van der Waals surface area contributed by atoms with Crippen LogP contribution < -0.4 is 5.14 Å². The van der Waals surface area contributed by atoms with Gasteiger partial charge in [0, 0.05) is 12.6 Å². The molecular weight excluding hydrogens is 199 g/mol. The lowest BCUT2D eigenvalue weighted by atomic mass is 10.3. The third-order valence-corrected chi connectivity index (χ3v) is 2.70. The minimum Gasteiger partial charge on any atom is -0.393 e. The van der Waals surface area contributed by atoms with Crippen LogP contribution in [0.15, 0.2) is 0 Å². The minimum atomic E-state index is -3.89. The molecule has 13 heavy (non-hydrogen) atoms. The van der Waals surface area contributed by atoms with Gasteiger partial charge in [-0.3, -0.25) is 0 Å². The van der Waals surface area contributed by atoms with E-state index in [1.165, 1.54) is 0 Å². The predicted molar refractivity (Wildman–Crippen MR) is 46.9 cm³/mol. The highest BCUT2D eigenvalue weighted by Gasteiger charge is 2.24. The molecule has 0 aliphatic rings. The molecule has 0 saturated heterocycles. The fraction of sp³-hybridized carbons (Fsp3) is 1.00. The van der Waals surface area contributed by atoms with Crippen LogP contribution in [0.5, 0.6) is 0 Å². The van der Waals surface area contributed by atoms with Gasteiger partial charge in [0.2, 0.25) is 0 Å². The lowest BCUT2D eigenvalue weighted by Gasteiger charge is -2.24. The summed E-state index contributed by atoms with van der Waals surface area (Å²) in [7, 11) is -3.89. The molecule has 0 spiro atoms. The standard InChI is InChI=1S/C6H15FN2O3S/c1-5(2)9(13(8,11)12)3-6(7)4-10/h5-6,10H,3-4H2,1-2H3,(H2,8,11,12). The normalized spacial score (nSPS) is 15.3. The Morgan fingerprint density at radius 2 is 2.00 bits per heavy atom. The van der Waals surface area contributed by atoms with Crippen LogP contribution in [0, 0.1) is 0 Å². The van der Waals surface area contributed by atoms with Crippen molar-refractivity contribution in [3.63, 3.8) is 0 Å². The van der Waals surface area contributed by atoms with Crippen LogP contribution in [0.2, 0.25) is 0 Å². The van der Waals surface area contributed by atoms with Crippen molar-refractivity contribution in [2.45, 2.75) is 26.1 Å². The second-order valence-electron chi connectivity index (χ2n) is 2.99. The van der Waals surface area contributed by atoms with Gasteiger partial charge in [-0.15, -0.1) is 0 Å². The predicted octanol–water partition coefficient (Wildman–Crippen LogP) is -0.769. The van der Waals surface area contributed by atoms with E-state index in [4.69, 9.17) is 10.2 Å². The Labute approximate surface area is 77.5 Å². The Hall–Kier alpha value is -0.240. The molecule has 0 heterocycles. The smallest absolute Gasteiger partial charge is 0.277 e.